The maximum Gasteiger partial charge on any atom is 0.153 e. The molecule has 0 atom stereocenters. The Morgan fingerprint density at radius 3 is 3.00 bits per heavy atom. The summed E-state index contributed by atoms with van der Waals surface area (Å²) in [7, 11) is 1.67. The summed E-state index contributed by atoms with van der Waals surface area (Å²) in [5.74, 6) is 0.836. The molecule has 0 aliphatic rings. The van der Waals surface area contributed by atoms with Crippen LogP contribution in [0.1, 0.15) is 0 Å². The summed E-state index contributed by atoms with van der Waals surface area (Å²) in [6.45, 7) is 3.54. The minimum Gasteiger partial charge on any atom is -0.379 e. The van der Waals surface area contributed by atoms with Crippen molar-refractivity contribution < 1.29 is 0 Å². The van der Waals surface area contributed by atoms with Gasteiger partial charge in [0.15, 0.2) is 5.17 Å². The minimum absolute atomic E-state index is 0.616. The average molecular weight is 130 g/mol. The third-order valence-corrected chi connectivity index (χ3v) is 1.45. The van der Waals surface area contributed by atoms with Gasteiger partial charge in [0.2, 0.25) is 0 Å². The fourth-order valence-corrected chi connectivity index (χ4v) is 0.627. The summed E-state index contributed by atoms with van der Waals surface area (Å²) in [6.07, 6.45) is 1.79. The Kier molecular flexibility index (Phi) is 4.45. The van der Waals surface area contributed by atoms with Crippen molar-refractivity contribution in [1.29, 1.82) is 0 Å². The smallest absolute Gasteiger partial charge is 0.153 e. The van der Waals surface area contributed by atoms with Gasteiger partial charge in [0.1, 0.15) is 0 Å². The van der Waals surface area contributed by atoms with Crippen LogP contribution in [0.2, 0.25) is 0 Å². The lowest BCUT2D eigenvalue weighted by Gasteiger charge is -1.91. The second-order valence-electron chi connectivity index (χ2n) is 1.16. The predicted octanol–water partition coefficient (Wildman–Crippen LogP) is 0.850. The van der Waals surface area contributed by atoms with Crippen LogP contribution in [0.15, 0.2) is 17.6 Å². The molecule has 0 aliphatic carbocycles. The molecule has 0 aromatic carbocycles. The van der Waals surface area contributed by atoms with Crippen LogP contribution in [-0.4, -0.2) is 18.0 Å². The maximum atomic E-state index is 5.32. The van der Waals surface area contributed by atoms with Crippen LogP contribution in [0.4, 0.5) is 0 Å². The molecule has 0 aromatic rings. The highest BCUT2D eigenvalue weighted by Crippen LogP contribution is 1.97. The molecule has 0 heterocycles. The molecule has 0 aliphatic heterocycles. The van der Waals surface area contributed by atoms with Crippen LogP contribution in [0.5, 0.6) is 0 Å². The van der Waals surface area contributed by atoms with Gasteiger partial charge in [-0.15, -0.1) is 6.58 Å². The highest BCUT2D eigenvalue weighted by atomic mass is 32.2. The Morgan fingerprint density at radius 2 is 2.62 bits per heavy atom. The molecule has 0 bridgehead atoms. The number of hydrogen-bond acceptors (Lipinski definition) is 2. The largest absolute Gasteiger partial charge is 0.379 e. The topological polar surface area (TPSA) is 38.4 Å². The van der Waals surface area contributed by atoms with E-state index >= 15 is 0 Å². The van der Waals surface area contributed by atoms with Gasteiger partial charge in [0.05, 0.1) is 0 Å². The van der Waals surface area contributed by atoms with E-state index in [0.717, 1.165) is 5.75 Å². The number of nitrogens with zero attached hydrogens (tertiary/aromatic N) is 1. The van der Waals surface area contributed by atoms with Gasteiger partial charge in [0.25, 0.3) is 0 Å². The van der Waals surface area contributed by atoms with Crippen molar-refractivity contribution in [2.75, 3.05) is 12.8 Å². The zero-order chi connectivity index (χ0) is 6.41. The summed E-state index contributed by atoms with van der Waals surface area (Å²) in [6, 6.07) is 0. The Balaban J connectivity index is 3.24. The maximum absolute atomic E-state index is 5.32. The van der Waals surface area contributed by atoms with Gasteiger partial charge in [-0.3, -0.25) is 4.99 Å². The number of nitrogens with two attached hydrogens (primary N) is 1. The fraction of sp³-hybridized carbons (Fsp3) is 0.400. The van der Waals surface area contributed by atoms with Gasteiger partial charge in [-0.2, -0.15) is 0 Å². The number of amidine groups is 1. The number of hydrogen-bond donors (Lipinski definition) is 1. The molecule has 2 nitrogen and oxygen atoms in total. The zero-order valence-electron chi connectivity index (χ0n) is 4.92. The highest BCUT2D eigenvalue weighted by Gasteiger charge is 1.84. The quantitative estimate of drug-likeness (QED) is 0.342. The van der Waals surface area contributed by atoms with E-state index < -0.39 is 0 Å². The Hall–Kier alpha value is -0.440. The Bertz CT molecular complexity index is 98.6. The van der Waals surface area contributed by atoms with E-state index in [4.69, 9.17) is 5.73 Å². The molecule has 46 valence electrons. The fourth-order valence-electron chi connectivity index (χ4n) is 0.209. The minimum atomic E-state index is 0.616. The first-order valence-electron chi connectivity index (χ1n) is 2.27. The van der Waals surface area contributed by atoms with Gasteiger partial charge in [-0.05, 0) is 0 Å². The Morgan fingerprint density at radius 1 is 2.00 bits per heavy atom. The molecule has 2 N–H and O–H groups in total. The first kappa shape index (κ1) is 7.56. The summed E-state index contributed by atoms with van der Waals surface area (Å²) in [5.41, 5.74) is 5.32. The normalized spacial score (nSPS) is 11.4. The molecule has 0 spiro atoms. The molecule has 0 amide bonds. The van der Waals surface area contributed by atoms with Gasteiger partial charge in [-0.1, -0.05) is 17.8 Å². The molecule has 0 fully saturated rings. The standard InChI is InChI=1S/C5H10N2S/c1-3-4-8-5(6)7-2/h3H,1,4H2,2H3,(H2,6,7). The van der Waals surface area contributed by atoms with Crippen molar-refractivity contribution in [2.24, 2.45) is 10.7 Å². The van der Waals surface area contributed by atoms with E-state index in [9.17, 15) is 0 Å². The Labute approximate surface area is 53.9 Å². The van der Waals surface area contributed by atoms with E-state index in [1.54, 1.807) is 13.1 Å². The molecule has 8 heavy (non-hydrogen) atoms. The lowest BCUT2D eigenvalue weighted by atomic mass is 10.8. The van der Waals surface area contributed by atoms with Gasteiger partial charge in [0, 0.05) is 12.8 Å². The number of aliphatic imine (C=N–C) groups is 1. The van der Waals surface area contributed by atoms with E-state index in [2.05, 4.69) is 11.6 Å². The molecule has 0 saturated carbocycles. The summed E-state index contributed by atoms with van der Waals surface area (Å²) < 4.78 is 0. The first-order valence-corrected chi connectivity index (χ1v) is 3.25. The molecule has 0 rings (SSSR count). The van der Waals surface area contributed by atoms with E-state index in [1.165, 1.54) is 11.8 Å². The molecule has 0 radical (unpaired) electrons. The van der Waals surface area contributed by atoms with Crippen molar-refractivity contribution in [2.45, 2.75) is 0 Å². The summed E-state index contributed by atoms with van der Waals surface area (Å²) in [4.78, 5) is 3.74. The second kappa shape index (κ2) is 4.71. The lowest BCUT2D eigenvalue weighted by Crippen LogP contribution is -2.05. The third kappa shape index (κ3) is 3.74. The first-order chi connectivity index (χ1) is 3.81. The van der Waals surface area contributed by atoms with Crippen LogP contribution < -0.4 is 5.73 Å². The monoisotopic (exact) mass is 130 g/mol. The lowest BCUT2D eigenvalue weighted by molar-refractivity contribution is 1.44. The molecule has 0 unspecified atom stereocenters. The van der Waals surface area contributed by atoms with E-state index in [0.29, 0.717) is 5.17 Å². The van der Waals surface area contributed by atoms with Crippen LogP contribution in [-0.2, 0) is 0 Å². The molecule has 0 aromatic heterocycles. The van der Waals surface area contributed by atoms with Gasteiger partial charge < -0.3 is 5.73 Å². The predicted molar refractivity (Wildman–Crippen MR) is 40.2 cm³/mol. The van der Waals surface area contributed by atoms with Crippen molar-refractivity contribution in [3.8, 4) is 0 Å². The van der Waals surface area contributed by atoms with Crippen LogP contribution in [0.25, 0.3) is 0 Å². The van der Waals surface area contributed by atoms with Crippen molar-refractivity contribution in [1.82, 2.24) is 0 Å². The number of thioether (sulfide) groups is 1. The van der Waals surface area contributed by atoms with Gasteiger partial charge >= 0.3 is 0 Å². The molecule has 0 saturated heterocycles. The van der Waals surface area contributed by atoms with Crippen molar-refractivity contribution in [3.05, 3.63) is 12.7 Å². The molecular weight excluding hydrogens is 120 g/mol. The van der Waals surface area contributed by atoms with Crippen LogP contribution in [0, 0.1) is 0 Å². The van der Waals surface area contributed by atoms with Crippen molar-refractivity contribution in [3.63, 3.8) is 0 Å². The SMILES string of the molecule is C=CCSC(N)=NC. The second-order valence-corrected chi connectivity index (χ2v) is 2.20. The zero-order valence-corrected chi connectivity index (χ0v) is 5.74. The van der Waals surface area contributed by atoms with E-state index in [1.807, 2.05) is 0 Å². The van der Waals surface area contributed by atoms with Crippen molar-refractivity contribution >= 4 is 16.9 Å². The van der Waals surface area contributed by atoms with Gasteiger partial charge in [-0.25, -0.2) is 0 Å². The van der Waals surface area contributed by atoms with Crippen LogP contribution in [0.3, 0.4) is 0 Å². The molecule has 3 heteroatoms. The molecular formula is C5H10N2S. The summed E-state index contributed by atoms with van der Waals surface area (Å²) >= 11 is 1.49. The van der Waals surface area contributed by atoms with E-state index in [-0.39, 0.29) is 0 Å². The third-order valence-electron chi connectivity index (χ3n) is 0.569. The number of rotatable bonds is 2. The van der Waals surface area contributed by atoms with Crippen LogP contribution >= 0.6 is 11.8 Å². The highest BCUT2D eigenvalue weighted by molar-refractivity contribution is 8.13. The average Bonchev–Trinajstić information content (AvgIpc) is 1.83. The summed E-state index contributed by atoms with van der Waals surface area (Å²) in [5, 5.41) is 0.616.